The molecule has 2 nitrogen and oxygen atoms in total. The zero-order chi connectivity index (χ0) is 23.5. The summed E-state index contributed by atoms with van der Waals surface area (Å²) in [6.07, 6.45) is 4.74. The Balaban J connectivity index is 1.96. The third-order valence-corrected chi connectivity index (χ3v) is 6.97. The van der Waals surface area contributed by atoms with Gasteiger partial charge in [-0.3, -0.25) is 0 Å². The molecule has 2 heteroatoms. The molecule has 0 bridgehead atoms. The lowest BCUT2D eigenvalue weighted by Crippen LogP contribution is -2.35. The maximum atomic E-state index is 10.2. The Morgan fingerprint density at radius 3 is 1.39 bits per heavy atom. The van der Waals surface area contributed by atoms with Crippen LogP contribution in [-0.2, 0) is 10.3 Å². The highest BCUT2D eigenvalue weighted by molar-refractivity contribution is 5.47. The second-order valence-electron chi connectivity index (χ2n) is 9.17. The average molecular weight is 445 g/mol. The maximum absolute atomic E-state index is 10.2. The van der Waals surface area contributed by atoms with Gasteiger partial charge in [-0.1, -0.05) is 125 Å². The molecule has 3 aromatic rings. The number of hydrogen-bond donors (Lipinski definition) is 1. The van der Waals surface area contributed by atoms with Crippen LogP contribution < -0.4 is 0 Å². The van der Waals surface area contributed by atoms with Gasteiger partial charge in [0.1, 0.15) is 5.60 Å². The summed E-state index contributed by atoms with van der Waals surface area (Å²) in [5, 5.41) is 10.2. The van der Waals surface area contributed by atoms with E-state index < -0.39 is 5.60 Å². The molecule has 1 N–H and O–H groups in total. The zero-order valence-electron chi connectivity index (χ0n) is 20.5. The Kier molecular flexibility index (Phi) is 9.72. The molecule has 0 radical (unpaired) electrons. The fraction of sp³-hybridized carbons (Fsp3) is 0.419. The molecule has 1 unspecified atom stereocenters. The first kappa shape index (κ1) is 25.2. The van der Waals surface area contributed by atoms with Gasteiger partial charge in [0, 0.05) is 0 Å². The molecule has 33 heavy (non-hydrogen) atoms. The fourth-order valence-electron chi connectivity index (χ4n) is 4.82. The highest BCUT2D eigenvalue weighted by atomic mass is 16.5. The van der Waals surface area contributed by atoms with Gasteiger partial charge >= 0.3 is 0 Å². The van der Waals surface area contributed by atoms with E-state index in [-0.39, 0.29) is 6.10 Å². The lowest BCUT2D eigenvalue weighted by molar-refractivity contribution is -0.0148. The SMILES string of the molecule is CCC(O)C[C@H](CC)C[C@@H](CC)COC(c1ccccc1)(c1ccccc1)c1ccccc1. The zero-order valence-corrected chi connectivity index (χ0v) is 20.5. The van der Waals surface area contributed by atoms with Gasteiger partial charge in [0.05, 0.1) is 12.7 Å². The van der Waals surface area contributed by atoms with Crippen molar-refractivity contribution in [2.24, 2.45) is 11.8 Å². The van der Waals surface area contributed by atoms with Crippen LogP contribution in [0.3, 0.4) is 0 Å². The normalized spacial score (nSPS) is 14.5. The van der Waals surface area contributed by atoms with Crippen molar-refractivity contribution >= 4 is 0 Å². The molecular weight excluding hydrogens is 404 g/mol. The lowest BCUT2D eigenvalue weighted by Gasteiger charge is -2.37. The molecule has 0 aliphatic rings. The lowest BCUT2D eigenvalue weighted by atomic mass is 9.79. The predicted octanol–water partition coefficient (Wildman–Crippen LogP) is 7.60. The molecule has 176 valence electrons. The van der Waals surface area contributed by atoms with Crippen LogP contribution in [0.15, 0.2) is 91.0 Å². The van der Waals surface area contributed by atoms with Gasteiger partial charge in [-0.25, -0.2) is 0 Å². The molecule has 3 rings (SSSR count). The van der Waals surface area contributed by atoms with E-state index in [2.05, 4.69) is 112 Å². The van der Waals surface area contributed by atoms with Crippen molar-refractivity contribution in [1.29, 1.82) is 0 Å². The minimum atomic E-state index is -0.665. The summed E-state index contributed by atoms with van der Waals surface area (Å²) >= 11 is 0. The van der Waals surface area contributed by atoms with Gasteiger partial charge in [-0.05, 0) is 47.8 Å². The number of hydrogen-bond acceptors (Lipinski definition) is 2. The Labute approximate surface area is 200 Å². The Bertz CT molecular complexity index is 811. The summed E-state index contributed by atoms with van der Waals surface area (Å²) in [5.74, 6) is 0.961. The van der Waals surface area contributed by atoms with Crippen molar-refractivity contribution in [2.75, 3.05) is 6.61 Å². The number of aliphatic hydroxyl groups is 1. The van der Waals surface area contributed by atoms with Crippen LogP contribution in [0, 0.1) is 11.8 Å². The summed E-state index contributed by atoms with van der Waals surface area (Å²) in [7, 11) is 0. The first-order chi connectivity index (χ1) is 16.1. The van der Waals surface area contributed by atoms with Crippen LogP contribution in [-0.4, -0.2) is 17.8 Å². The van der Waals surface area contributed by atoms with Gasteiger partial charge in [0.15, 0.2) is 0 Å². The summed E-state index contributed by atoms with van der Waals surface area (Å²) in [6.45, 7) is 7.23. The van der Waals surface area contributed by atoms with E-state index >= 15 is 0 Å². The predicted molar refractivity (Wildman–Crippen MR) is 138 cm³/mol. The van der Waals surface area contributed by atoms with Crippen LogP contribution in [0.4, 0.5) is 0 Å². The molecule has 0 spiro atoms. The molecule has 3 aromatic carbocycles. The van der Waals surface area contributed by atoms with Crippen LogP contribution >= 0.6 is 0 Å². The number of rotatable bonds is 13. The van der Waals surface area contributed by atoms with Crippen LogP contribution in [0.1, 0.15) is 69.6 Å². The van der Waals surface area contributed by atoms with Gasteiger partial charge < -0.3 is 9.84 Å². The van der Waals surface area contributed by atoms with Crippen molar-refractivity contribution in [1.82, 2.24) is 0 Å². The Morgan fingerprint density at radius 1 is 0.606 bits per heavy atom. The van der Waals surface area contributed by atoms with E-state index in [1.54, 1.807) is 0 Å². The van der Waals surface area contributed by atoms with Gasteiger partial charge in [-0.2, -0.15) is 0 Å². The molecular formula is C31H40O2. The number of ether oxygens (including phenoxy) is 1. The fourth-order valence-corrected chi connectivity index (χ4v) is 4.82. The van der Waals surface area contributed by atoms with Crippen LogP contribution in [0.25, 0.3) is 0 Å². The van der Waals surface area contributed by atoms with Gasteiger partial charge in [-0.15, -0.1) is 0 Å². The van der Waals surface area contributed by atoms with Gasteiger partial charge in [0.2, 0.25) is 0 Å². The molecule has 0 aliphatic carbocycles. The average Bonchev–Trinajstić information content (AvgIpc) is 2.89. The molecule has 3 atom stereocenters. The van der Waals surface area contributed by atoms with Crippen molar-refractivity contribution in [3.63, 3.8) is 0 Å². The van der Waals surface area contributed by atoms with Crippen molar-refractivity contribution in [2.45, 2.75) is 64.6 Å². The molecule has 0 saturated heterocycles. The maximum Gasteiger partial charge on any atom is 0.143 e. The Morgan fingerprint density at radius 2 is 1.03 bits per heavy atom. The van der Waals surface area contributed by atoms with E-state index in [0.717, 1.165) is 48.8 Å². The summed E-state index contributed by atoms with van der Waals surface area (Å²) < 4.78 is 7.06. The van der Waals surface area contributed by atoms with Crippen LogP contribution in [0.2, 0.25) is 0 Å². The topological polar surface area (TPSA) is 29.5 Å². The number of aliphatic hydroxyl groups excluding tert-OH is 1. The first-order valence-electron chi connectivity index (χ1n) is 12.6. The monoisotopic (exact) mass is 444 g/mol. The molecule has 0 saturated carbocycles. The molecule has 0 aromatic heterocycles. The molecule has 0 amide bonds. The minimum Gasteiger partial charge on any atom is -0.393 e. The van der Waals surface area contributed by atoms with Crippen LogP contribution in [0.5, 0.6) is 0 Å². The summed E-state index contributed by atoms with van der Waals surface area (Å²) in [4.78, 5) is 0. The molecule has 0 aliphatic heterocycles. The van der Waals surface area contributed by atoms with E-state index in [1.165, 1.54) is 0 Å². The second kappa shape index (κ2) is 12.7. The summed E-state index contributed by atoms with van der Waals surface area (Å²) in [6, 6.07) is 31.8. The molecule has 0 fully saturated rings. The van der Waals surface area contributed by atoms with Crippen molar-refractivity contribution in [3.8, 4) is 0 Å². The van der Waals surface area contributed by atoms with E-state index in [4.69, 9.17) is 4.74 Å². The number of benzene rings is 3. The van der Waals surface area contributed by atoms with E-state index in [9.17, 15) is 5.11 Å². The third kappa shape index (κ3) is 6.34. The molecule has 0 heterocycles. The third-order valence-electron chi connectivity index (χ3n) is 6.97. The van der Waals surface area contributed by atoms with Gasteiger partial charge in [0.25, 0.3) is 0 Å². The first-order valence-corrected chi connectivity index (χ1v) is 12.6. The highest BCUT2D eigenvalue weighted by Gasteiger charge is 2.38. The van der Waals surface area contributed by atoms with Crippen molar-refractivity contribution < 1.29 is 9.84 Å². The summed E-state index contributed by atoms with van der Waals surface area (Å²) in [5.41, 5.74) is 2.77. The largest absolute Gasteiger partial charge is 0.393 e. The highest BCUT2D eigenvalue weighted by Crippen LogP contribution is 2.41. The van der Waals surface area contributed by atoms with E-state index in [1.807, 2.05) is 0 Å². The Hall–Kier alpha value is -2.42. The standard InChI is InChI=1S/C31H40O2/c1-4-25(23-30(32)6-3)22-26(5-2)24-33-31(27-16-10-7-11-17-27,28-18-12-8-13-19-28)29-20-14-9-15-21-29/h7-21,25-26,30,32H,4-6,22-24H2,1-3H3/t25-,26-,30?/m1/s1. The smallest absolute Gasteiger partial charge is 0.143 e. The second-order valence-corrected chi connectivity index (χ2v) is 9.17. The minimum absolute atomic E-state index is 0.203. The quantitative estimate of drug-likeness (QED) is 0.275. The van der Waals surface area contributed by atoms with Crippen molar-refractivity contribution in [3.05, 3.63) is 108 Å². The van der Waals surface area contributed by atoms with E-state index in [0.29, 0.717) is 18.4 Å².